The van der Waals surface area contributed by atoms with Crippen molar-refractivity contribution < 1.29 is 4.79 Å². The van der Waals surface area contributed by atoms with Crippen molar-refractivity contribution in [2.75, 3.05) is 31.1 Å². The van der Waals surface area contributed by atoms with Crippen molar-refractivity contribution >= 4 is 22.5 Å². The van der Waals surface area contributed by atoms with Crippen LogP contribution in [0.2, 0.25) is 0 Å². The van der Waals surface area contributed by atoms with Crippen molar-refractivity contribution in [1.29, 1.82) is 0 Å². The molecule has 2 aromatic heterocycles. The molecule has 0 bridgehead atoms. The van der Waals surface area contributed by atoms with Gasteiger partial charge in [-0.15, -0.1) is 0 Å². The summed E-state index contributed by atoms with van der Waals surface area (Å²) in [4.78, 5) is 24.8. The van der Waals surface area contributed by atoms with Gasteiger partial charge in [0.2, 0.25) is 0 Å². The summed E-state index contributed by atoms with van der Waals surface area (Å²) < 4.78 is 0. The third kappa shape index (κ3) is 2.86. The van der Waals surface area contributed by atoms with Crippen LogP contribution in [0.3, 0.4) is 0 Å². The highest BCUT2D eigenvalue weighted by Gasteiger charge is 2.24. The van der Waals surface area contributed by atoms with Gasteiger partial charge in [0.1, 0.15) is 0 Å². The molecular weight excluding hydrogens is 312 g/mol. The third-order valence-electron chi connectivity index (χ3n) is 4.93. The Bertz CT molecular complexity index is 922. The van der Waals surface area contributed by atoms with Crippen LogP contribution in [0.1, 0.15) is 21.7 Å². The molecule has 1 aliphatic rings. The van der Waals surface area contributed by atoms with Crippen LogP contribution in [0, 0.1) is 13.8 Å². The maximum atomic E-state index is 12.8. The zero-order valence-corrected chi connectivity index (χ0v) is 14.6. The number of nitrogens with zero attached hydrogens (tertiary/aromatic N) is 3. The maximum absolute atomic E-state index is 12.8. The van der Waals surface area contributed by atoms with Gasteiger partial charge in [0.05, 0.1) is 11.3 Å². The molecule has 1 saturated heterocycles. The molecule has 1 aromatic carbocycles. The molecule has 3 heterocycles. The number of nitrogens with one attached hydrogen (secondary N) is 1. The number of aryl methyl sites for hydroxylation is 2. The fourth-order valence-corrected chi connectivity index (χ4v) is 3.58. The number of hydrogen-bond acceptors (Lipinski definition) is 3. The number of amides is 1. The first-order valence-corrected chi connectivity index (χ1v) is 8.68. The lowest BCUT2D eigenvalue weighted by Crippen LogP contribution is -2.49. The molecule has 0 unspecified atom stereocenters. The van der Waals surface area contributed by atoms with E-state index in [1.54, 1.807) is 0 Å². The Morgan fingerprint density at radius 2 is 1.84 bits per heavy atom. The Morgan fingerprint density at radius 3 is 2.60 bits per heavy atom. The molecule has 5 heteroatoms. The fourth-order valence-electron chi connectivity index (χ4n) is 3.58. The minimum atomic E-state index is 0.0875. The molecule has 1 N–H and O–H groups in total. The average Bonchev–Trinajstić information content (AvgIpc) is 3.10. The largest absolute Gasteiger partial charge is 0.367 e. The number of piperazine rings is 1. The van der Waals surface area contributed by atoms with Gasteiger partial charge < -0.3 is 14.8 Å². The number of H-pyrrole nitrogens is 1. The Morgan fingerprint density at radius 1 is 1.04 bits per heavy atom. The number of hydrogen-bond donors (Lipinski definition) is 1. The van der Waals surface area contributed by atoms with Crippen molar-refractivity contribution in [3.8, 4) is 0 Å². The van der Waals surface area contributed by atoms with Crippen LogP contribution in [0.5, 0.6) is 0 Å². The standard InChI is InChI=1S/C20H22N4O/c1-14-6-7-16(15(2)22-14)20(25)24-12-10-23(11-13-24)19-5-3-4-18-17(19)8-9-21-18/h3-9,21H,10-13H2,1-2H3. The molecule has 3 aromatic rings. The molecule has 128 valence electrons. The number of carbonyl (C=O) groups excluding carboxylic acids is 1. The first-order chi connectivity index (χ1) is 12.1. The second kappa shape index (κ2) is 6.24. The van der Waals surface area contributed by atoms with Gasteiger partial charge in [0.25, 0.3) is 5.91 Å². The van der Waals surface area contributed by atoms with E-state index in [0.29, 0.717) is 5.56 Å². The van der Waals surface area contributed by atoms with Crippen LogP contribution in [0.25, 0.3) is 10.9 Å². The highest BCUT2D eigenvalue weighted by atomic mass is 16.2. The summed E-state index contributed by atoms with van der Waals surface area (Å²) in [6.07, 6.45) is 1.97. The number of fused-ring (bicyclic) bond motifs is 1. The Balaban J connectivity index is 1.50. The Labute approximate surface area is 147 Å². The normalized spacial score (nSPS) is 15.0. The number of pyridine rings is 1. The van der Waals surface area contributed by atoms with Crippen molar-refractivity contribution in [2.45, 2.75) is 13.8 Å². The lowest BCUT2D eigenvalue weighted by Gasteiger charge is -2.36. The van der Waals surface area contributed by atoms with Gasteiger partial charge in [0, 0.05) is 54.7 Å². The number of aromatic amines is 1. The van der Waals surface area contributed by atoms with Crippen LogP contribution in [0.4, 0.5) is 5.69 Å². The van der Waals surface area contributed by atoms with Gasteiger partial charge in [-0.1, -0.05) is 6.07 Å². The van der Waals surface area contributed by atoms with E-state index in [1.807, 2.05) is 37.1 Å². The van der Waals surface area contributed by atoms with Gasteiger partial charge in [-0.05, 0) is 44.2 Å². The van der Waals surface area contributed by atoms with E-state index in [1.165, 1.54) is 11.1 Å². The predicted molar refractivity (Wildman–Crippen MR) is 100 cm³/mol. The molecule has 1 fully saturated rings. The quantitative estimate of drug-likeness (QED) is 0.783. The number of anilines is 1. The lowest BCUT2D eigenvalue weighted by molar-refractivity contribution is 0.0745. The minimum Gasteiger partial charge on any atom is -0.367 e. The number of rotatable bonds is 2. The first-order valence-electron chi connectivity index (χ1n) is 8.68. The van der Waals surface area contributed by atoms with Gasteiger partial charge in [0.15, 0.2) is 0 Å². The summed E-state index contributed by atoms with van der Waals surface area (Å²) in [5.74, 6) is 0.0875. The predicted octanol–water partition coefficient (Wildman–Crippen LogP) is 3.14. The lowest BCUT2D eigenvalue weighted by atomic mass is 10.1. The summed E-state index contributed by atoms with van der Waals surface area (Å²) in [6.45, 7) is 6.99. The van der Waals surface area contributed by atoms with E-state index < -0.39 is 0 Å². The van der Waals surface area contributed by atoms with Crippen LogP contribution in [-0.2, 0) is 0 Å². The average molecular weight is 334 g/mol. The van der Waals surface area contributed by atoms with Crippen LogP contribution in [0.15, 0.2) is 42.6 Å². The molecule has 0 atom stereocenters. The summed E-state index contributed by atoms with van der Waals surface area (Å²) in [7, 11) is 0. The molecule has 0 radical (unpaired) electrons. The first kappa shape index (κ1) is 15.7. The monoisotopic (exact) mass is 334 g/mol. The Hall–Kier alpha value is -2.82. The second-order valence-corrected chi connectivity index (χ2v) is 6.58. The highest BCUT2D eigenvalue weighted by Crippen LogP contribution is 2.27. The maximum Gasteiger partial charge on any atom is 0.255 e. The molecule has 0 spiro atoms. The van der Waals surface area contributed by atoms with Gasteiger partial charge >= 0.3 is 0 Å². The number of carbonyl (C=O) groups is 1. The highest BCUT2D eigenvalue weighted by molar-refractivity contribution is 5.96. The fraction of sp³-hybridized carbons (Fsp3) is 0.300. The van der Waals surface area contributed by atoms with E-state index in [9.17, 15) is 4.79 Å². The number of benzene rings is 1. The van der Waals surface area contributed by atoms with Crippen molar-refractivity contribution in [3.05, 3.63) is 59.5 Å². The van der Waals surface area contributed by atoms with Crippen LogP contribution >= 0.6 is 0 Å². The van der Waals surface area contributed by atoms with Gasteiger partial charge in [-0.2, -0.15) is 0 Å². The van der Waals surface area contributed by atoms with E-state index >= 15 is 0 Å². The Kier molecular flexibility index (Phi) is 3.92. The topological polar surface area (TPSA) is 52.2 Å². The van der Waals surface area contributed by atoms with Crippen LogP contribution in [-0.4, -0.2) is 47.0 Å². The summed E-state index contributed by atoms with van der Waals surface area (Å²) >= 11 is 0. The zero-order chi connectivity index (χ0) is 17.4. The van der Waals surface area contributed by atoms with E-state index in [4.69, 9.17) is 0 Å². The molecule has 0 saturated carbocycles. The van der Waals surface area contributed by atoms with Crippen LogP contribution < -0.4 is 4.90 Å². The molecule has 4 rings (SSSR count). The molecule has 0 aliphatic carbocycles. The van der Waals surface area contributed by atoms with E-state index in [0.717, 1.165) is 43.1 Å². The van der Waals surface area contributed by atoms with Gasteiger partial charge in [-0.3, -0.25) is 9.78 Å². The SMILES string of the molecule is Cc1ccc(C(=O)N2CCN(c3cccc4[nH]ccc34)CC2)c(C)n1. The summed E-state index contributed by atoms with van der Waals surface area (Å²) in [5, 5.41) is 1.24. The van der Waals surface area contributed by atoms with Crippen molar-refractivity contribution in [3.63, 3.8) is 0 Å². The van der Waals surface area contributed by atoms with Gasteiger partial charge in [-0.25, -0.2) is 0 Å². The smallest absolute Gasteiger partial charge is 0.255 e. The zero-order valence-electron chi connectivity index (χ0n) is 14.6. The van der Waals surface area contributed by atoms with E-state index in [2.05, 4.69) is 39.1 Å². The second-order valence-electron chi connectivity index (χ2n) is 6.58. The van der Waals surface area contributed by atoms with Crippen molar-refractivity contribution in [2.24, 2.45) is 0 Å². The van der Waals surface area contributed by atoms with Crippen molar-refractivity contribution in [1.82, 2.24) is 14.9 Å². The summed E-state index contributed by atoms with van der Waals surface area (Å²) in [5.41, 5.74) is 4.85. The molecule has 1 aliphatic heterocycles. The third-order valence-corrected chi connectivity index (χ3v) is 4.93. The number of aromatic nitrogens is 2. The van der Waals surface area contributed by atoms with E-state index in [-0.39, 0.29) is 5.91 Å². The minimum absolute atomic E-state index is 0.0875. The molecule has 5 nitrogen and oxygen atoms in total. The summed E-state index contributed by atoms with van der Waals surface area (Å²) in [6, 6.07) is 12.2. The molecule has 25 heavy (non-hydrogen) atoms. The molecular formula is C20H22N4O. The molecule has 1 amide bonds.